The summed E-state index contributed by atoms with van der Waals surface area (Å²) in [5.41, 5.74) is 10.7. The molecule has 0 radical (unpaired) electrons. The number of hydrogen-bond acceptors (Lipinski definition) is 1. The van der Waals surface area contributed by atoms with Crippen LogP contribution in [0.15, 0.2) is 78.9 Å². The summed E-state index contributed by atoms with van der Waals surface area (Å²) < 4.78 is 2.50. The molecule has 0 atom stereocenters. The molecule has 0 aliphatic carbocycles. The van der Waals surface area contributed by atoms with Gasteiger partial charge in [-0.2, -0.15) is 0 Å². The first-order valence-corrected chi connectivity index (χ1v) is 11.3. The van der Waals surface area contributed by atoms with Crippen molar-refractivity contribution in [3.8, 4) is 16.9 Å². The molecule has 0 N–H and O–H groups in total. The van der Waals surface area contributed by atoms with Crippen molar-refractivity contribution in [2.75, 3.05) is 6.54 Å². The normalized spacial score (nSPS) is 13.9. The SMILES string of the molecule is Cc1ccccc1-n1c2c(c(C)c1-c1ccc(Cl)cc1)CN(Cc1ccccc1)CC2. The topological polar surface area (TPSA) is 8.17 Å². The molecule has 3 heteroatoms. The van der Waals surface area contributed by atoms with Gasteiger partial charge in [-0.05, 0) is 59.9 Å². The van der Waals surface area contributed by atoms with Gasteiger partial charge in [0, 0.05) is 42.5 Å². The van der Waals surface area contributed by atoms with E-state index in [0.717, 1.165) is 31.1 Å². The molecule has 5 rings (SSSR count). The molecular weight excluding hydrogens is 400 g/mol. The Morgan fingerprint density at radius 2 is 1.55 bits per heavy atom. The molecule has 0 saturated carbocycles. The van der Waals surface area contributed by atoms with Crippen LogP contribution in [0.4, 0.5) is 0 Å². The van der Waals surface area contributed by atoms with Crippen LogP contribution in [0, 0.1) is 13.8 Å². The number of nitrogens with zero attached hydrogens (tertiary/aromatic N) is 2. The lowest BCUT2D eigenvalue weighted by molar-refractivity contribution is 0.243. The van der Waals surface area contributed by atoms with Crippen LogP contribution in [-0.4, -0.2) is 16.0 Å². The van der Waals surface area contributed by atoms with E-state index in [9.17, 15) is 0 Å². The van der Waals surface area contributed by atoms with Crippen LogP contribution in [0.5, 0.6) is 0 Å². The first-order chi connectivity index (χ1) is 15.1. The van der Waals surface area contributed by atoms with E-state index < -0.39 is 0 Å². The second-order valence-electron chi connectivity index (χ2n) is 8.47. The van der Waals surface area contributed by atoms with Crippen LogP contribution < -0.4 is 0 Å². The molecule has 1 aliphatic rings. The molecule has 1 aliphatic heterocycles. The number of aryl methyl sites for hydroxylation is 1. The molecule has 3 aromatic carbocycles. The number of benzene rings is 3. The van der Waals surface area contributed by atoms with Crippen molar-refractivity contribution in [1.82, 2.24) is 9.47 Å². The van der Waals surface area contributed by atoms with E-state index in [1.165, 1.54) is 44.9 Å². The average molecular weight is 427 g/mol. The molecule has 2 heterocycles. The number of halogens is 1. The van der Waals surface area contributed by atoms with Gasteiger partial charge in [0.05, 0.1) is 5.69 Å². The Balaban J connectivity index is 1.62. The van der Waals surface area contributed by atoms with Gasteiger partial charge in [0.15, 0.2) is 0 Å². The highest BCUT2D eigenvalue weighted by atomic mass is 35.5. The minimum absolute atomic E-state index is 0.772. The molecule has 2 nitrogen and oxygen atoms in total. The summed E-state index contributed by atoms with van der Waals surface area (Å²) in [4.78, 5) is 2.57. The first-order valence-electron chi connectivity index (χ1n) is 10.9. The van der Waals surface area contributed by atoms with Gasteiger partial charge < -0.3 is 4.57 Å². The predicted molar refractivity (Wildman–Crippen MR) is 130 cm³/mol. The highest BCUT2D eigenvalue weighted by molar-refractivity contribution is 6.30. The molecule has 1 aromatic heterocycles. The average Bonchev–Trinajstić information content (AvgIpc) is 3.07. The minimum atomic E-state index is 0.772. The van der Waals surface area contributed by atoms with E-state index in [4.69, 9.17) is 11.6 Å². The molecule has 0 unspecified atom stereocenters. The van der Waals surface area contributed by atoms with Gasteiger partial charge >= 0.3 is 0 Å². The van der Waals surface area contributed by atoms with Gasteiger partial charge in [-0.1, -0.05) is 72.3 Å². The Hall–Kier alpha value is -2.81. The zero-order valence-corrected chi connectivity index (χ0v) is 18.9. The summed E-state index contributed by atoms with van der Waals surface area (Å²) in [5, 5.41) is 0.772. The maximum absolute atomic E-state index is 6.20. The smallest absolute Gasteiger partial charge is 0.0564 e. The van der Waals surface area contributed by atoms with Crippen molar-refractivity contribution in [3.63, 3.8) is 0 Å². The lowest BCUT2D eigenvalue weighted by Gasteiger charge is -2.28. The number of fused-ring (bicyclic) bond motifs is 1. The second-order valence-corrected chi connectivity index (χ2v) is 8.91. The third-order valence-electron chi connectivity index (χ3n) is 6.42. The first kappa shape index (κ1) is 20.1. The molecule has 0 spiro atoms. The van der Waals surface area contributed by atoms with E-state index in [2.05, 4.69) is 90.0 Å². The number of hydrogen-bond donors (Lipinski definition) is 0. The fourth-order valence-electron chi connectivity index (χ4n) is 4.85. The van der Waals surface area contributed by atoms with E-state index in [-0.39, 0.29) is 0 Å². The van der Waals surface area contributed by atoms with E-state index in [1.54, 1.807) is 0 Å². The van der Waals surface area contributed by atoms with Gasteiger partial charge in [0.25, 0.3) is 0 Å². The van der Waals surface area contributed by atoms with Gasteiger partial charge in [0.1, 0.15) is 0 Å². The van der Waals surface area contributed by atoms with Crippen LogP contribution in [0.3, 0.4) is 0 Å². The Labute approximate surface area is 189 Å². The fraction of sp³-hybridized carbons (Fsp3) is 0.214. The summed E-state index contributed by atoms with van der Waals surface area (Å²) in [5.74, 6) is 0. The summed E-state index contributed by atoms with van der Waals surface area (Å²) in [6.45, 7) is 7.52. The Bertz CT molecular complexity index is 1210. The summed E-state index contributed by atoms with van der Waals surface area (Å²) in [7, 11) is 0. The molecule has 0 saturated heterocycles. The molecule has 0 fully saturated rings. The number of aromatic nitrogens is 1. The Morgan fingerprint density at radius 1 is 0.839 bits per heavy atom. The third kappa shape index (κ3) is 3.82. The second kappa shape index (κ2) is 8.37. The summed E-state index contributed by atoms with van der Waals surface area (Å²) in [6.07, 6.45) is 1.05. The molecule has 0 bridgehead atoms. The van der Waals surface area contributed by atoms with Crippen molar-refractivity contribution in [3.05, 3.63) is 112 Å². The highest BCUT2D eigenvalue weighted by Crippen LogP contribution is 2.38. The third-order valence-corrected chi connectivity index (χ3v) is 6.67. The number of rotatable bonds is 4. The van der Waals surface area contributed by atoms with Gasteiger partial charge in [-0.25, -0.2) is 0 Å². The number of para-hydroxylation sites is 1. The molecule has 156 valence electrons. The van der Waals surface area contributed by atoms with E-state index in [0.29, 0.717) is 0 Å². The maximum Gasteiger partial charge on any atom is 0.0564 e. The van der Waals surface area contributed by atoms with Crippen molar-refractivity contribution < 1.29 is 0 Å². The Morgan fingerprint density at radius 3 is 2.29 bits per heavy atom. The lowest BCUT2D eigenvalue weighted by Crippen LogP contribution is -2.30. The minimum Gasteiger partial charge on any atom is -0.313 e. The van der Waals surface area contributed by atoms with Crippen molar-refractivity contribution in [1.29, 1.82) is 0 Å². The fourth-order valence-corrected chi connectivity index (χ4v) is 4.97. The standard InChI is InChI=1S/C28H27ClN2/c1-20-8-6-7-11-26(20)31-27-16-17-30(18-22-9-4-3-5-10-22)19-25(27)21(2)28(31)23-12-14-24(29)15-13-23/h3-15H,16-19H2,1-2H3. The van der Waals surface area contributed by atoms with Crippen LogP contribution in [0.25, 0.3) is 16.9 Å². The van der Waals surface area contributed by atoms with Crippen molar-refractivity contribution >= 4 is 11.6 Å². The van der Waals surface area contributed by atoms with Gasteiger partial charge in [-0.3, -0.25) is 4.90 Å². The van der Waals surface area contributed by atoms with E-state index >= 15 is 0 Å². The van der Waals surface area contributed by atoms with E-state index in [1.807, 2.05) is 12.1 Å². The summed E-state index contributed by atoms with van der Waals surface area (Å²) >= 11 is 6.20. The van der Waals surface area contributed by atoms with Crippen LogP contribution in [-0.2, 0) is 19.5 Å². The Kier molecular flexibility index (Phi) is 5.43. The zero-order valence-electron chi connectivity index (χ0n) is 18.1. The molecular formula is C28H27ClN2. The summed E-state index contributed by atoms with van der Waals surface area (Å²) in [6, 6.07) is 27.8. The van der Waals surface area contributed by atoms with Crippen molar-refractivity contribution in [2.24, 2.45) is 0 Å². The zero-order chi connectivity index (χ0) is 21.4. The van der Waals surface area contributed by atoms with Crippen LogP contribution >= 0.6 is 11.6 Å². The molecule has 31 heavy (non-hydrogen) atoms. The van der Waals surface area contributed by atoms with Crippen LogP contribution in [0.1, 0.15) is 27.9 Å². The predicted octanol–water partition coefficient (Wildman–Crippen LogP) is 6.97. The molecule has 4 aromatic rings. The monoisotopic (exact) mass is 426 g/mol. The maximum atomic E-state index is 6.20. The van der Waals surface area contributed by atoms with Crippen molar-refractivity contribution in [2.45, 2.75) is 33.4 Å². The largest absolute Gasteiger partial charge is 0.313 e. The molecule has 0 amide bonds. The van der Waals surface area contributed by atoms with Crippen LogP contribution in [0.2, 0.25) is 5.02 Å². The highest BCUT2D eigenvalue weighted by Gasteiger charge is 2.27. The lowest BCUT2D eigenvalue weighted by atomic mass is 10.0. The van der Waals surface area contributed by atoms with Gasteiger partial charge in [0.2, 0.25) is 0 Å². The quantitative estimate of drug-likeness (QED) is 0.342. The van der Waals surface area contributed by atoms with Gasteiger partial charge in [-0.15, -0.1) is 0 Å².